The standard InChI is InChI=1S/C16H23FN2O2/c1-11-10-13(17)7-6-12(11)8-9-18-16(21)19-14-4-2-3-5-15(14)20/h6-7,10,14-15,20H,2-5,8-9H2,1H3,(H2,18,19,21). The van der Waals surface area contributed by atoms with E-state index in [9.17, 15) is 14.3 Å². The van der Waals surface area contributed by atoms with Gasteiger partial charge in [-0.15, -0.1) is 0 Å². The van der Waals surface area contributed by atoms with E-state index < -0.39 is 6.10 Å². The summed E-state index contributed by atoms with van der Waals surface area (Å²) in [5.74, 6) is -0.242. The number of amides is 2. The van der Waals surface area contributed by atoms with Gasteiger partial charge in [0.05, 0.1) is 12.1 Å². The summed E-state index contributed by atoms with van der Waals surface area (Å²) in [6.45, 7) is 2.35. The van der Waals surface area contributed by atoms with E-state index in [-0.39, 0.29) is 17.9 Å². The molecule has 116 valence electrons. The molecule has 1 aliphatic carbocycles. The van der Waals surface area contributed by atoms with Gasteiger partial charge in [0.15, 0.2) is 0 Å². The Balaban J connectivity index is 1.73. The molecule has 0 aliphatic heterocycles. The zero-order valence-electron chi connectivity index (χ0n) is 12.4. The number of carbonyl (C=O) groups excluding carboxylic acids is 1. The van der Waals surface area contributed by atoms with Crippen molar-refractivity contribution in [2.45, 2.75) is 51.2 Å². The molecular weight excluding hydrogens is 271 g/mol. The molecule has 5 heteroatoms. The van der Waals surface area contributed by atoms with Gasteiger partial charge in [-0.1, -0.05) is 18.9 Å². The van der Waals surface area contributed by atoms with E-state index in [0.29, 0.717) is 13.0 Å². The molecule has 1 aromatic carbocycles. The van der Waals surface area contributed by atoms with Crippen molar-refractivity contribution in [2.75, 3.05) is 6.54 Å². The Bertz CT molecular complexity index is 493. The third kappa shape index (κ3) is 4.70. The predicted molar refractivity (Wildman–Crippen MR) is 79.6 cm³/mol. The number of hydrogen-bond acceptors (Lipinski definition) is 2. The smallest absolute Gasteiger partial charge is 0.315 e. The molecular formula is C16H23FN2O2. The molecule has 2 unspecified atom stereocenters. The van der Waals surface area contributed by atoms with Crippen LogP contribution >= 0.6 is 0 Å². The number of aliphatic hydroxyl groups is 1. The summed E-state index contributed by atoms with van der Waals surface area (Å²) in [6, 6.07) is 4.27. The van der Waals surface area contributed by atoms with Crippen molar-refractivity contribution in [1.29, 1.82) is 0 Å². The van der Waals surface area contributed by atoms with E-state index in [4.69, 9.17) is 0 Å². The number of nitrogens with one attached hydrogen (secondary N) is 2. The van der Waals surface area contributed by atoms with Crippen LogP contribution in [0, 0.1) is 12.7 Å². The molecule has 0 radical (unpaired) electrons. The predicted octanol–water partition coefficient (Wildman–Crippen LogP) is 2.28. The number of carbonyl (C=O) groups is 1. The second kappa shape index (κ2) is 7.41. The molecule has 1 aliphatic rings. The fraction of sp³-hybridized carbons (Fsp3) is 0.562. The van der Waals surface area contributed by atoms with Gasteiger partial charge in [-0.05, 0) is 49.4 Å². The van der Waals surface area contributed by atoms with Gasteiger partial charge in [-0.25, -0.2) is 9.18 Å². The van der Waals surface area contributed by atoms with E-state index >= 15 is 0 Å². The summed E-state index contributed by atoms with van der Waals surface area (Å²) in [7, 11) is 0. The van der Waals surface area contributed by atoms with Crippen LogP contribution in [-0.4, -0.2) is 29.8 Å². The first kappa shape index (κ1) is 15.8. The second-order valence-corrected chi connectivity index (χ2v) is 5.68. The minimum Gasteiger partial charge on any atom is -0.391 e. The molecule has 0 spiro atoms. The lowest BCUT2D eigenvalue weighted by Crippen LogP contribution is -2.49. The highest BCUT2D eigenvalue weighted by Gasteiger charge is 2.24. The molecule has 1 fully saturated rings. The fourth-order valence-electron chi connectivity index (χ4n) is 2.75. The van der Waals surface area contributed by atoms with Crippen molar-refractivity contribution in [3.05, 3.63) is 35.1 Å². The van der Waals surface area contributed by atoms with Crippen LogP contribution in [0.15, 0.2) is 18.2 Å². The second-order valence-electron chi connectivity index (χ2n) is 5.68. The summed E-state index contributed by atoms with van der Waals surface area (Å²) < 4.78 is 13.0. The average molecular weight is 294 g/mol. The SMILES string of the molecule is Cc1cc(F)ccc1CCNC(=O)NC1CCCCC1O. The molecule has 2 atom stereocenters. The molecule has 0 aromatic heterocycles. The average Bonchev–Trinajstić information content (AvgIpc) is 2.44. The van der Waals surface area contributed by atoms with E-state index in [1.807, 2.05) is 6.92 Å². The molecule has 2 amide bonds. The topological polar surface area (TPSA) is 61.4 Å². The molecule has 0 heterocycles. The van der Waals surface area contributed by atoms with E-state index in [1.165, 1.54) is 12.1 Å². The first-order chi connectivity index (χ1) is 10.1. The van der Waals surface area contributed by atoms with Gasteiger partial charge in [-0.3, -0.25) is 0 Å². The third-order valence-corrected chi connectivity index (χ3v) is 4.03. The maximum atomic E-state index is 13.0. The summed E-state index contributed by atoms with van der Waals surface area (Å²) in [6.07, 6.45) is 3.85. The van der Waals surface area contributed by atoms with Gasteiger partial charge in [0.2, 0.25) is 0 Å². The summed E-state index contributed by atoms with van der Waals surface area (Å²) in [5, 5.41) is 15.4. The summed E-state index contributed by atoms with van der Waals surface area (Å²) in [4.78, 5) is 11.8. The van der Waals surface area contributed by atoms with Crippen molar-refractivity contribution in [2.24, 2.45) is 0 Å². The van der Waals surface area contributed by atoms with Gasteiger partial charge >= 0.3 is 6.03 Å². The molecule has 2 rings (SSSR count). The first-order valence-electron chi connectivity index (χ1n) is 7.53. The van der Waals surface area contributed by atoms with Gasteiger partial charge < -0.3 is 15.7 Å². The van der Waals surface area contributed by atoms with Crippen molar-refractivity contribution in [3.63, 3.8) is 0 Å². The minimum absolute atomic E-state index is 0.147. The number of urea groups is 1. The van der Waals surface area contributed by atoms with Gasteiger partial charge in [0.25, 0.3) is 0 Å². The largest absolute Gasteiger partial charge is 0.391 e. The number of benzene rings is 1. The van der Waals surface area contributed by atoms with Crippen LogP contribution in [0.3, 0.4) is 0 Å². The van der Waals surface area contributed by atoms with Gasteiger partial charge in [0, 0.05) is 6.54 Å². The van der Waals surface area contributed by atoms with Crippen LogP contribution in [0.4, 0.5) is 9.18 Å². The number of aryl methyl sites for hydroxylation is 1. The monoisotopic (exact) mass is 294 g/mol. The zero-order chi connectivity index (χ0) is 15.2. The Morgan fingerprint density at radius 1 is 1.38 bits per heavy atom. The Morgan fingerprint density at radius 3 is 2.86 bits per heavy atom. The number of hydrogen-bond donors (Lipinski definition) is 3. The highest BCUT2D eigenvalue weighted by molar-refractivity contribution is 5.74. The molecule has 21 heavy (non-hydrogen) atoms. The fourth-order valence-corrected chi connectivity index (χ4v) is 2.75. The van der Waals surface area contributed by atoms with Crippen molar-refractivity contribution < 1.29 is 14.3 Å². The Kier molecular flexibility index (Phi) is 5.56. The van der Waals surface area contributed by atoms with E-state index in [1.54, 1.807) is 6.07 Å². The van der Waals surface area contributed by atoms with E-state index in [2.05, 4.69) is 10.6 Å². The highest BCUT2D eigenvalue weighted by atomic mass is 19.1. The van der Waals surface area contributed by atoms with Crippen LogP contribution in [0.25, 0.3) is 0 Å². The molecule has 4 nitrogen and oxygen atoms in total. The maximum absolute atomic E-state index is 13.0. The maximum Gasteiger partial charge on any atom is 0.315 e. The first-order valence-corrected chi connectivity index (χ1v) is 7.53. The molecule has 1 saturated carbocycles. The summed E-state index contributed by atoms with van der Waals surface area (Å²) >= 11 is 0. The number of halogens is 1. The molecule has 0 bridgehead atoms. The lowest BCUT2D eigenvalue weighted by atomic mass is 9.93. The van der Waals surface area contributed by atoms with Crippen molar-refractivity contribution in [3.8, 4) is 0 Å². The normalized spacial score (nSPS) is 21.9. The Hall–Kier alpha value is -1.62. The highest BCUT2D eigenvalue weighted by Crippen LogP contribution is 2.18. The zero-order valence-corrected chi connectivity index (χ0v) is 12.4. The van der Waals surface area contributed by atoms with Crippen LogP contribution in [0.1, 0.15) is 36.8 Å². The lowest BCUT2D eigenvalue weighted by molar-refractivity contribution is 0.0943. The Labute approximate surface area is 124 Å². The quantitative estimate of drug-likeness (QED) is 0.798. The van der Waals surface area contributed by atoms with Crippen LogP contribution in [0.5, 0.6) is 0 Å². The molecule has 3 N–H and O–H groups in total. The number of rotatable bonds is 4. The summed E-state index contributed by atoms with van der Waals surface area (Å²) in [5.41, 5.74) is 1.91. The van der Waals surface area contributed by atoms with Crippen LogP contribution in [0.2, 0.25) is 0 Å². The van der Waals surface area contributed by atoms with Gasteiger partial charge in [0.1, 0.15) is 5.82 Å². The number of aliphatic hydroxyl groups excluding tert-OH is 1. The lowest BCUT2D eigenvalue weighted by Gasteiger charge is -2.28. The molecule has 1 aromatic rings. The minimum atomic E-state index is -0.441. The van der Waals surface area contributed by atoms with Gasteiger partial charge in [-0.2, -0.15) is 0 Å². The molecule has 0 saturated heterocycles. The van der Waals surface area contributed by atoms with Crippen LogP contribution < -0.4 is 10.6 Å². The Morgan fingerprint density at radius 2 is 2.14 bits per heavy atom. The van der Waals surface area contributed by atoms with E-state index in [0.717, 1.165) is 36.8 Å². The van der Waals surface area contributed by atoms with Crippen LogP contribution in [-0.2, 0) is 6.42 Å². The third-order valence-electron chi connectivity index (χ3n) is 4.03. The van der Waals surface area contributed by atoms with Crippen molar-refractivity contribution in [1.82, 2.24) is 10.6 Å². The van der Waals surface area contributed by atoms with Crippen molar-refractivity contribution >= 4 is 6.03 Å².